The van der Waals surface area contributed by atoms with Crippen LogP contribution in [0.4, 0.5) is 11.4 Å². The van der Waals surface area contributed by atoms with Gasteiger partial charge in [-0.3, -0.25) is 34.2 Å². The second-order valence-corrected chi connectivity index (χ2v) is 7.26. The molecule has 0 saturated carbocycles. The largest absolute Gasteiger partial charge is 0.465 e. The number of nitro groups is 2. The number of hydrogen-bond donors (Lipinski definition) is 0. The number of imidazole rings is 1. The summed E-state index contributed by atoms with van der Waals surface area (Å²) in [5, 5.41) is 23.2. The average molecular weight is 450 g/mol. The van der Waals surface area contributed by atoms with E-state index in [-0.39, 0.29) is 21.9 Å². The lowest BCUT2D eigenvalue weighted by atomic mass is 10.1. The molecule has 14 nitrogen and oxygen atoms in total. The first-order chi connectivity index (χ1) is 14.5. The summed E-state index contributed by atoms with van der Waals surface area (Å²) in [6, 6.07) is 1.72. The van der Waals surface area contributed by atoms with E-state index in [0.29, 0.717) is 11.8 Å². The summed E-state index contributed by atoms with van der Waals surface area (Å²) in [7, 11) is 5.14. The van der Waals surface area contributed by atoms with E-state index in [1.165, 1.54) is 25.7 Å². The molecule has 2 aromatic heterocycles. The van der Waals surface area contributed by atoms with Crippen LogP contribution in [0.25, 0.3) is 11.2 Å². The lowest BCUT2D eigenvalue weighted by Crippen LogP contribution is -2.37. The van der Waals surface area contributed by atoms with Gasteiger partial charge in [0.25, 0.3) is 16.9 Å². The SMILES string of the molecule is COC(=O)c1cc([N+](=O)[O-])c(Sc2nc3c(c(=O)n(C)c(=O)n3C)n2C)c([N+](=O)[O-])c1. The number of aromatic nitrogens is 4. The molecule has 0 fully saturated rings. The van der Waals surface area contributed by atoms with Crippen LogP contribution >= 0.6 is 11.8 Å². The molecule has 0 spiro atoms. The molecule has 0 amide bonds. The van der Waals surface area contributed by atoms with Crippen molar-refractivity contribution in [1.29, 1.82) is 0 Å². The normalized spacial score (nSPS) is 11.0. The van der Waals surface area contributed by atoms with Gasteiger partial charge >= 0.3 is 11.7 Å². The summed E-state index contributed by atoms with van der Waals surface area (Å²) in [6.45, 7) is 0. The molecule has 2 heterocycles. The van der Waals surface area contributed by atoms with Gasteiger partial charge in [-0.1, -0.05) is 0 Å². The first-order valence-corrected chi connectivity index (χ1v) is 9.16. The number of fused-ring (bicyclic) bond motifs is 1. The van der Waals surface area contributed by atoms with Gasteiger partial charge in [0.15, 0.2) is 21.2 Å². The van der Waals surface area contributed by atoms with Gasteiger partial charge in [0.1, 0.15) is 0 Å². The molecule has 0 N–H and O–H groups in total. The fourth-order valence-electron chi connectivity index (χ4n) is 2.89. The highest BCUT2D eigenvalue weighted by molar-refractivity contribution is 7.99. The molecule has 0 bridgehead atoms. The molecule has 3 aromatic rings. The fraction of sp³-hybridized carbons (Fsp3) is 0.250. The molecule has 15 heteroatoms. The van der Waals surface area contributed by atoms with Gasteiger partial charge < -0.3 is 9.30 Å². The smallest absolute Gasteiger partial charge is 0.338 e. The number of carbonyl (C=O) groups is 1. The number of rotatable bonds is 5. The minimum absolute atomic E-state index is 0.00888. The maximum Gasteiger partial charge on any atom is 0.338 e. The van der Waals surface area contributed by atoms with E-state index in [4.69, 9.17) is 0 Å². The molecule has 3 rings (SSSR count). The Labute approximate surface area is 176 Å². The van der Waals surface area contributed by atoms with Crippen molar-refractivity contribution in [2.24, 2.45) is 21.1 Å². The van der Waals surface area contributed by atoms with Gasteiger partial charge in [-0.25, -0.2) is 14.6 Å². The van der Waals surface area contributed by atoms with Crippen molar-refractivity contribution in [1.82, 2.24) is 18.7 Å². The van der Waals surface area contributed by atoms with Crippen LogP contribution in [0, 0.1) is 20.2 Å². The highest BCUT2D eigenvalue weighted by Gasteiger charge is 2.31. The lowest BCUT2D eigenvalue weighted by Gasteiger charge is -2.07. The fourth-order valence-corrected chi connectivity index (χ4v) is 3.91. The molecule has 1 aromatic carbocycles. The summed E-state index contributed by atoms with van der Waals surface area (Å²) >= 11 is 0.560. The number of methoxy groups -OCH3 is 1. The molecule has 0 atom stereocenters. The number of hydrogen-bond acceptors (Lipinski definition) is 10. The van der Waals surface area contributed by atoms with Gasteiger partial charge in [-0.05, 0) is 11.8 Å². The zero-order valence-corrected chi connectivity index (χ0v) is 17.3. The number of esters is 1. The Hall–Kier alpha value is -4.01. The molecule has 0 aliphatic rings. The summed E-state index contributed by atoms with van der Waals surface area (Å²) < 4.78 is 7.76. The number of aryl methyl sites for hydroxylation is 2. The van der Waals surface area contributed by atoms with Crippen LogP contribution in [0.1, 0.15) is 10.4 Å². The van der Waals surface area contributed by atoms with Crippen molar-refractivity contribution < 1.29 is 19.4 Å². The molecule has 31 heavy (non-hydrogen) atoms. The summed E-state index contributed by atoms with van der Waals surface area (Å²) in [6.07, 6.45) is 0. The van der Waals surface area contributed by atoms with Gasteiger partial charge in [0, 0.05) is 33.3 Å². The number of benzene rings is 1. The van der Waals surface area contributed by atoms with Crippen LogP contribution < -0.4 is 11.2 Å². The zero-order chi connectivity index (χ0) is 23.2. The zero-order valence-electron chi connectivity index (χ0n) is 16.5. The second-order valence-electron chi connectivity index (χ2n) is 6.28. The summed E-state index contributed by atoms with van der Waals surface area (Å²) in [4.78, 5) is 61.7. The Balaban J connectivity index is 2.31. The third-order valence-electron chi connectivity index (χ3n) is 4.49. The lowest BCUT2D eigenvalue weighted by molar-refractivity contribution is -0.399. The van der Waals surface area contributed by atoms with E-state index in [1.807, 2.05) is 0 Å². The van der Waals surface area contributed by atoms with Gasteiger partial charge in [-0.15, -0.1) is 0 Å². The molecular weight excluding hydrogens is 436 g/mol. The highest BCUT2D eigenvalue weighted by atomic mass is 32.2. The van der Waals surface area contributed by atoms with Crippen LogP contribution in [-0.4, -0.2) is 41.6 Å². The van der Waals surface area contributed by atoms with Crippen LogP contribution in [-0.2, 0) is 25.9 Å². The van der Waals surface area contributed by atoms with Crippen molar-refractivity contribution >= 4 is 40.3 Å². The van der Waals surface area contributed by atoms with Crippen LogP contribution in [0.3, 0.4) is 0 Å². The van der Waals surface area contributed by atoms with Gasteiger partial charge in [0.05, 0.1) is 22.5 Å². The van der Waals surface area contributed by atoms with Crippen molar-refractivity contribution in [3.63, 3.8) is 0 Å². The van der Waals surface area contributed by atoms with E-state index in [2.05, 4.69) is 9.72 Å². The molecule has 0 unspecified atom stereocenters. The first kappa shape index (κ1) is 21.7. The van der Waals surface area contributed by atoms with Crippen molar-refractivity contribution in [3.05, 3.63) is 58.8 Å². The average Bonchev–Trinajstić information content (AvgIpc) is 3.05. The van der Waals surface area contributed by atoms with E-state index < -0.39 is 43.3 Å². The van der Waals surface area contributed by atoms with Crippen molar-refractivity contribution in [2.45, 2.75) is 10.1 Å². The Morgan fingerprint density at radius 3 is 2.06 bits per heavy atom. The monoisotopic (exact) mass is 450 g/mol. The molecule has 0 aliphatic heterocycles. The number of nitrogens with zero attached hydrogens (tertiary/aromatic N) is 6. The first-order valence-electron chi connectivity index (χ1n) is 8.35. The Kier molecular flexibility index (Phi) is 5.37. The minimum Gasteiger partial charge on any atom is -0.465 e. The molecular formula is C16H14N6O8S. The number of carbonyl (C=O) groups excluding carboxylic acids is 1. The second kappa shape index (κ2) is 7.67. The standard InChI is InChI=1S/C16H14N6O8S/c1-18-10-12(19(2)16(25)20(3)13(10)23)17-15(18)31-11-8(21(26)27)5-7(14(24)30-4)6-9(11)22(28)29/h5-6H,1-4H3. The summed E-state index contributed by atoms with van der Waals surface area (Å²) in [5.74, 6) is -0.982. The predicted molar refractivity (Wildman–Crippen MR) is 106 cm³/mol. The quantitative estimate of drug-likeness (QED) is 0.306. The van der Waals surface area contributed by atoms with Crippen LogP contribution in [0.2, 0.25) is 0 Å². The maximum absolute atomic E-state index is 12.5. The van der Waals surface area contributed by atoms with E-state index in [1.54, 1.807) is 0 Å². The Morgan fingerprint density at radius 2 is 1.58 bits per heavy atom. The third-order valence-corrected chi connectivity index (χ3v) is 5.66. The maximum atomic E-state index is 12.5. The van der Waals surface area contributed by atoms with E-state index in [0.717, 1.165) is 28.4 Å². The van der Waals surface area contributed by atoms with Crippen molar-refractivity contribution in [2.75, 3.05) is 7.11 Å². The van der Waals surface area contributed by atoms with Crippen LogP contribution in [0.5, 0.6) is 0 Å². The number of ether oxygens (including phenoxy) is 1. The third kappa shape index (κ3) is 3.43. The van der Waals surface area contributed by atoms with Crippen molar-refractivity contribution in [3.8, 4) is 0 Å². The molecule has 0 radical (unpaired) electrons. The number of nitro benzene ring substituents is 2. The summed E-state index contributed by atoms with van der Waals surface area (Å²) in [5.41, 5.74) is -3.04. The molecule has 0 aliphatic carbocycles. The topological polar surface area (TPSA) is 174 Å². The predicted octanol–water partition coefficient (Wildman–Crippen LogP) is 0.725. The van der Waals surface area contributed by atoms with Gasteiger partial charge in [0.2, 0.25) is 0 Å². The van der Waals surface area contributed by atoms with Gasteiger partial charge in [-0.2, -0.15) is 0 Å². The Bertz CT molecular complexity index is 1370. The molecule has 162 valence electrons. The van der Waals surface area contributed by atoms with E-state index >= 15 is 0 Å². The molecule has 0 saturated heterocycles. The highest BCUT2D eigenvalue weighted by Crippen LogP contribution is 2.42. The van der Waals surface area contributed by atoms with Crippen LogP contribution in [0.15, 0.2) is 31.8 Å². The Morgan fingerprint density at radius 1 is 1.03 bits per heavy atom. The van der Waals surface area contributed by atoms with E-state index in [9.17, 15) is 34.6 Å². The minimum atomic E-state index is -0.982.